The monoisotopic (exact) mass is 237 g/mol. The molecule has 1 aliphatic heterocycles. The molecule has 0 radical (unpaired) electrons. The summed E-state index contributed by atoms with van der Waals surface area (Å²) in [5.41, 5.74) is 1.65. The summed E-state index contributed by atoms with van der Waals surface area (Å²) in [6.45, 7) is 0.984. The Morgan fingerprint density at radius 1 is 1.35 bits per heavy atom. The lowest BCUT2D eigenvalue weighted by atomic mass is 9.90. The van der Waals surface area contributed by atoms with Crippen LogP contribution in [0.4, 0.5) is 0 Å². The third-order valence-electron chi connectivity index (χ3n) is 4.17. The van der Waals surface area contributed by atoms with Crippen LogP contribution < -0.4 is 5.32 Å². The molecule has 0 aromatic rings. The molecular weight excluding hydrogens is 210 g/mol. The van der Waals surface area contributed by atoms with E-state index in [4.69, 9.17) is 4.74 Å². The zero-order valence-corrected chi connectivity index (χ0v) is 11.2. The molecule has 2 unspecified atom stereocenters. The highest BCUT2D eigenvalue weighted by atomic mass is 16.5. The molecule has 1 fully saturated rings. The molecule has 2 rings (SSSR count). The summed E-state index contributed by atoms with van der Waals surface area (Å²) in [4.78, 5) is 0. The average molecular weight is 237 g/mol. The van der Waals surface area contributed by atoms with Crippen molar-refractivity contribution < 1.29 is 4.74 Å². The van der Waals surface area contributed by atoms with Gasteiger partial charge < -0.3 is 10.1 Å². The minimum Gasteiger partial charge on any atom is -0.378 e. The minimum atomic E-state index is 0.531. The largest absolute Gasteiger partial charge is 0.378 e. The fourth-order valence-corrected chi connectivity index (χ4v) is 3.08. The van der Waals surface area contributed by atoms with Crippen LogP contribution in [0.1, 0.15) is 57.8 Å². The standard InChI is InChI=1S/C15H27NO/c1-16-15(13-7-3-2-4-8-13)11-10-14-9-5-6-12-17-14/h7,14-16H,2-6,8-12H2,1H3. The van der Waals surface area contributed by atoms with Gasteiger partial charge in [0.15, 0.2) is 0 Å². The molecule has 0 amide bonds. The van der Waals surface area contributed by atoms with Crippen molar-refractivity contribution in [2.24, 2.45) is 0 Å². The molecule has 0 aromatic carbocycles. The van der Waals surface area contributed by atoms with Crippen LogP contribution in [-0.4, -0.2) is 25.8 Å². The smallest absolute Gasteiger partial charge is 0.0575 e. The quantitative estimate of drug-likeness (QED) is 0.740. The molecule has 1 aliphatic carbocycles. The van der Waals surface area contributed by atoms with E-state index in [1.807, 2.05) is 0 Å². The van der Waals surface area contributed by atoms with Gasteiger partial charge in [0.2, 0.25) is 0 Å². The van der Waals surface area contributed by atoms with Crippen molar-refractivity contribution in [3.63, 3.8) is 0 Å². The molecule has 2 aliphatic rings. The third kappa shape index (κ3) is 4.11. The summed E-state index contributed by atoms with van der Waals surface area (Å²) in [5, 5.41) is 3.49. The normalized spacial score (nSPS) is 27.6. The van der Waals surface area contributed by atoms with Crippen LogP contribution in [0.2, 0.25) is 0 Å². The van der Waals surface area contributed by atoms with E-state index < -0.39 is 0 Å². The van der Waals surface area contributed by atoms with Gasteiger partial charge in [-0.05, 0) is 64.8 Å². The SMILES string of the molecule is CNC(CCC1CCCCO1)C1=CCCCC1. The Morgan fingerprint density at radius 2 is 2.29 bits per heavy atom. The molecule has 17 heavy (non-hydrogen) atoms. The van der Waals surface area contributed by atoms with Gasteiger partial charge in [0.1, 0.15) is 0 Å². The van der Waals surface area contributed by atoms with E-state index in [0.717, 1.165) is 6.61 Å². The summed E-state index contributed by atoms with van der Waals surface area (Å²) in [5.74, 6) is 0. The van der Waals surface area contributed by atoms with Crippen LogP contribution in [0.25, 0.3) is 0 Å². The van der Waals surface area contributed by atoms with E-state index in [0.29, 0.717) is 12.1 Å². The molecule has 0 spiro atoms. The molecule has 2 nitrogen and oxygen atoms in total. The van der Waals surface area contributed by atoms with Gasteiger partial charge in [-0.15, -0.1) is 0 Å². The zero-order valence-electron chi connectivity index (χ0n) is 11.2. The predicted molar refractivity (Wildman–Crippen MR) is 72.2 cm³/mol. The van der Waals surface area contributed by atoms with Gasteiger partial charge in [-0.2, -0.15) is 0 Å². The molecule has 0 bridgehead atoms. The second-order valence-electron chi connectivity index (χ2n) is 5.43. The van der Waals surface area contributed by atoms with Crippen LogP contribution in [-0.2, 0) is 4.74 Å². The first-order valence-corrected chi connectivity index (χ1v) is 7.38. The summed E-state index contributed by atoms with van der Waals surface area (Å²) >= 11 is 0. The number of ether oxygens (including phenoxy) is 1. The molecule has 2 heteroatoms. The number of rotatable bonds is 5. The van der Waals surface area contributed by atoms with Crippen LogP contribution in [0.15, 0.2) is 11.6 Å². The van der Waals surface area contributed by atoms with Crippen molar-refractivity contribution in [2.45, 2.75) is 69.9 Å². The van der Waals surface area contributed by atoms with Crippen molar-refractivity contribution in [1.82, 2.24) is 5.32 Å². The van der Waals surface area contributed by atoms with Gasteiger partial charge >= 0.3 is 0 Å². The molecule has 1 N–H and O–H groups in total. The maximum atomic E-state index is 5.81. The third-order valence-corrected chi connectivity index (χ3v) is 4.17. The predicted octanol–water partition coefficient (Wildman–Crippen LogP) is 3.42. The molecule has 2 atom stereocenters. The molecular formula is C15H27NO. The first kappa shape index (κ1) is 13.1. The maximum absolute atomic E-state index is 5.81. The van der Waals surface area contributed by atoms with E-state index in [9.17, 15) is 0 Å². The highest BCUT2D eigenvalue weighted by molar-refractivity contribution is 5.12. The van der Waals surface area contributed by atoms with E-state index in [1.54, 1.807) is 5.57 Å². The summed E-state index contributed by atoms with van der Waals surface area (Å²) in [7, 11) is 2.10. The molecule has 98 valence electrons. The summed E-state index contributed by atoms with van der Waals surface area (Å²) < 4.78 is 5.81. The van der Waals surface area contributed by atoms with E-state index >= 15 is 0 Å². The minimum absolute atomic E-state index is 0.531. The number of likely N-dealkylation sites (N-methyl/N-ethyl adjacent to an activating group) is 1. The molecule has 1 saturated heterocycles. The van der Waals surface area contributed by atoms with Crippen molar-refractivity contribution in [2.75, 3.05) is 13.7 Å². The number of hydrogen-bond acceptors (Lipinski definition) is 2. The van der Waals surface area contributed by atoms with Gasteiger partial charge in [-0.25, -0.2) is 0 Å². The Hall–Kier alpha value is -0.340. The zero-order chi connectivity index (χ0) is 11.9. The Balaban J connectivity index is 1.76. The van der Waals surface area contributed by atoms with Crippen molar-refractivity contribution in [3.05, 3.63) is 11.6 Å². The van der Waals surface area contributed by atoms with Crippen LogP contribution in [0.5, 0.6) is 0 Å². The fraction of sp³-hybridized carbons (Fsp3) is 0.867. The Bertz CT molecular complexity index is 243. The molecule has 0 aromatic heterocycles. The van der Waals surface area contributed by atoms with Gasteiger partial charge in [-0.3, -0.25) is 0 Å². The highest BCUT2D eigenvalue weighted by Crippen LogP contribution is 2.24. The molecule has 0 saturated carbocycles. The Kier molecular flexibility index (Phi) is 5.53. The number of allylic oxidation sites excluding steroid dienone is 1. The highest BCUT2D eigenvalue weighted by Gasteiger charge is 2.18. The van der Waals surface area contributed by atoms with E-state index in [1.165, 1.54) is 57.8 Å². The second-order valence-corrected chi connectivity index (χ2v) is 5.43. The van der Waals surface area contributed by atoms with Crippen molar-refractivity contribution in [3.8, 4) is 0 Å². The second kappa shape index (κ2) is 7.17. The van der Waals surface area contributed by atoms with Gasteiger partial charge in [-0.1, -0.05) is 11.6 Å². The van der Waals surface area contributed by atoms with Crippen molar-refractivity contribution in [1.29, 1.82) is 0 Å². The van der Waals surface area contributed by atoms with Crippen LogP contribution in [0, 0.1) is 0 Å². The van der Waals surface area contributed by atoms with Gasteiger partial charge in [0.05, 0.1) is 6.10 Å². The topological polar surface area (TPSA) is 21.3 Å². The number of nitrogens with one attached hydrogen (secondary N) is 1. The summed E-state index contributed by atoms with van der Waals surface area (Å²) in [6, 6.07) is 0.598. The lowest BCUT2D eigenvalue weighted by molar-refractivity contribution is 0.00916. The van der Waals surface area contributed by atoms with E-state index in [2.05, 4.69) is 18.4 Å². The first-order chi connectivity index (χ1) is 8.40. The Labute approximate surface area is 106 Å². The number of hydrogen-bond donors (Lipinski definition) is 1. The Morgan fingerprint density at radius 3 is 2.94 bits per heavy atom. The van der Waals surface area contributed by atoms with E-state index in [-0.39, 0.29) is 0 Å². The summed E-state index contributed by atoms with van der Waals surface area (Å²) in [6.07, 6.45) is 14.7. The fourth-order valence-electron chi connectivity index (χ4n) is 3.08. The van der Waals surface area contributed by atoms with Gasteiger partial charge in [0.25, 0.3) is 0 Å². The van der Waals surface area contributed by atoms with Crippen LogP contribution in [0.3, 0.4) is 0 Å². The average Bonchev–Trinajstić information content (AvgIpc) is 2.42. The first-order valence-electron chi connectivity index (χ1n) is 7.38. The van der Waals surface area contributed by atoms with Crippen LogP contribution >= 0.6 is 0 Å². The lowest BCUT2D eigenvalue weighted by Crippen LogP contribution is -2.30. The maximum Gasteiger partial charge on any atom is 0.0575 e. The van der Waals surface area contributed by atoms with Gasteiger partial charge in [0, 0.05) is 12.6 Å². The lowest BCUT2D eigenvalue weighted by Gasteiger charge is -2.27. The van der Waals surface area contributed by atoms with Crippen molar-refractivity contribution >= 4 is 0 Å². The molecule has 1 heterocycles.